The van der Waals surface area contributed by atoms with Crippen molar-refractivity contribution in [3.05, 3.63) is 30.1 Å². The van der Waals surface area contributed by atoms with Crippen LogP contribution in [0.2, 0.25) is 0 Å². The van der Waals surface area contributed by atoms with Crippen molar-refractivity contribution in [2.24, 2.45) is 0 Å². The Balaban J connectivity index is 2.19. The van der Waals surface area contributed by atoms with Gasteiger partial charge in [0.05, 0.1) is 5.88 Å². The molecule has 1 amide bonds. The monoisotopic (exact) mass is 238 g/mol. The lowest BCUT2D eigenvalue weighted by atomic mass is 10.2. The molecule has 1 saturated heterocycles. The van der Waals surface area contributed by atoms with E-state index >= 15 is 0 Å². The maximum Gasteiger partial charge on any atom is 0.327 e. The minimum Gasteiger partial charge on any atom is -0.480 e. The first-order chi connectivity index (χ1) is 7.70. The van der Waals surface area contributed by atoms with E-state index in [-0.39, 0.29) is 5.91 Å². The zero-order chi connectivity index (χ0) is 11.5. The predicted molar refractivity (Wildman–Crippen MR) is 59.2 cm³/mol. The third-order valence-electron chi connectivity index (χ3n) is 2.36. The van der Waals surface area contributed by atoms with E-state index in [2.05, 4.69) is 4.98 Å². The van der Waals surface area contributed by atoms with Crippen LogP contribution in [0.4, 0.5) is 0 Å². The summed E-state index contributed by atoms with van der Waals surface area (Å²) < 4.78 is 0. The molecule has 1 N–H and O–H groups in total. The van der Waals surface area contributed by atoms with Crippen molar-refractivity contribution < 1.29 is 14.7 Å². The first kappa shape index (κ1) is 10.9. The normalized spacial score (nSPS) is 19.8. The van der Waals surface area contributed by atoms with Gasteiger partial charge in [0.1, 0.15) is 6.04 Å². The smallest absolute Gasteiger partial charge is 0.327 e. The molecule has 1 unspecified atom stereocenters. The van der Waals surface area contributed by atoms with E-state index in [4.69, 9.17) is 5.11 Å². The van der Waals surface area contributed by atoms with E-state index in [0.717, 1.165) is 0 Å². The Bertz CT molecular complexity index is 410. The second kappa shape index (κ2) is 4.52. The Hall–Kier alpha value is -1.56. The Morgan fingerprint density at radius 2 is 2.12 bits per heavy atom. The van der Waals surface area contributed by atoms with Crippen molar-refractivity contribution in [1.82, 2.24) is 9.88 Å². The van der Waals surface area contributed by atoms with Crippen molar-refractivity contribution >= 4 is 23.6 Å². The largest absolute Gasteiger partial charge is 0.480 e. The molecule has 84 valence electrons. The van der Waals surface area contributed by atoms with Gasteiger partial charge in [-0.15, -0.1) is 11.8 Å². The number of nitrogens with zero attached hydrogens (tertiary/aromatic N) is 2. The van der Waals surface area contributed by atoms with Crippen LogP contribution in [0, 0.1) is 0 Å². The molecule has 1 aromatic rings. The number of thioether (sulfide) groups is 1. The number of aliphatic carboxylic acids is 1. The van der Waals surface area contributed by atoms with Crippen molar-refractivity contribution in [3.8, 4) is 0 Å². The Kier molecular flexibility index (Phi) is 3.09. The highest BCUT2D eigenvalue weighted by Gasteiger charge is 2.34. The maximum absolute atomic E-state index is 12.0. The van der Waals surface area contributed by atoms with Gasteiger partial charge >= 0.3 is 5.97 Å². The third-order valence-corrected chi connectivity index (χ3v) is 3.37. The summed E-state index contributed by atoms with van der Waals surface area (Å²) in [6, 6.07) is 2.46. The van der Waals surface area contributed by atoms with Crippen LogP contribution in [0.5, 0.6) is 0 Å². The second-order valence-corrected chi connectivity index (χ2v) is 4.36. The lowest BCUT2D eigenvalue weighted by Crippen LogP contribution is -2.41. The molecule has 0 radical (unpaired) electrons. The van der Waals surface area contributed by atoms with Gasteiger partial charge < -0.3 is 10.0 Å². The minimum atomic E-state index is -0.951. The standard InChI is InChI=1S/C10H10N2O3S/c13-9(7-1-3-11-4-2-7)12-6-16-5-8(12)10(14)15/h1-4,8H,5-6H2,(H,14,15). The highest BCUT2D eigenvalue weighted by atomic mass is 32.2. The Labute approximate surface area is 96.5 Å². The highest BCUT2D eigenvalue weighted by Crippen LogP contribution is 2.22. The van der Waals surface area contributed by atoms with Gasteiger partial charge in [0, 0.05) is 23.7 Å². The van der Waals surface area contributed by atoms with Gasteiger partial charge in [-0.05, 0) is 12.1 Å². The summed E-state index contributed by atoms with van der Waals surface area (Å²) >= 11 is 1.45. The number of amides is 1. The van der Waals surface area contributed by atoms with Gasteiger partial charge in [-0.3, -0.25) is 9.78 Å². The molecule has 16 heavy (non-hydrogen) atoms. The van der Waals surface area contributed by atoms with Gasteiger partial charge in [0.2, 0.25) is 0 Å². The van der Waals surface area contributed by atoms with Crippen LogP contribution in [0.3, 0.4) is 0 Å². The summed E-state index contributed by atoms with van der Waals surface area (Å²) in [5.74, 6) is -0.322. The van der Waals surface area contributed by atoms with Crippen LogP contribution in [0.1, 0.15) is 10.4 Å². The van der Waals surface area contributed by atoms with E-state index in [1.54, 1.807) is 12.1 Å². The summed E-state index contributed by atoms with van der Waals surface area (Å²) in [5, 5.41) is 8.96. The lowest BCUT2D eigenvalue weighted by Gasteiger charge is -2.20. The fourth-order valence-electron chi connectivity index (χ4n) is 1.51. The molecule has 0 aliphatic carbocycles. The molecule has 1 aliphatic rings. The topological polar surface area (TPSA) is 70.5 Å². The molecule has 5 nitrogen and oxygen atoms in total. The number of carboxylic acid groups (broad SMARTS) is 1. The number of pyridine rings is 1. The predicted octanol–water partition coefficient (Wildman–Crippen LogP) is 0.681. The minimum absolute atomic E-state index is 0.250. The summed E-state index contributed by atoms with van der Waals surface area (Å²) in [4.78, 5) is 28.1. The average Bonchev–Trinajstić information content (AvgIpc) is 2.78. The Morgan fingerprint density at radius 1 is 1.44 bits per heavy atom. The molecule has 0 saturated carbocycles. The summed E-state index contributed by atoms with van der Waals surface area (Å²) in [6.45, 7) is 0. The van der Waals surface area contributed by atoms with Gasteiger partial charge in [-0.1, -0.05) is 0 Å². The van der Waals surface area contributed by atoms with Crippen molar-refractivity contribution in [3.63, 3.8) is 0 Å². The quantitative estimate of drug-likeness (QED) is 0.820. The number of carbonyl (C=O) groups is 2. The van der Waals surface area contributed by atoms with Crippen LogP contribution < -0.4 is 0 Å². The van der Waals surface area contributed by atoms with Crippen molar-refractivity contribution in [2.75, 3.05) is 11.6 Å². The molecule has 1 atom stereocenters. The number of hydrogen-bond acceptors (Lipinski definition) is 4. The van der Waals surface area contributed by atoms with Crippen LogP contribution in [-0.2, 0) is 4.79 Å². The van der Waals surface area contributed by atoms with E-state index in [0.29, 0.717) is 17.2 Å². The van der Waals surface area contributed by atoms with Gasteiger partial charge in [0.25, 0.3) is 5.91 Å². The van der Waals surface area contributed by atoms with Crippen LogP contribution in [0.15, 0.2) is 24.5 Å². The molecular weight excluding hydrogens is 228 g/mol. The molecule has 2 heterocycles. The number of aromatic nitrogens is 1. The molecule has 1 aliphatic heterocycles. The second-order valence-electron chi connectivity index (χ2n) is 3.36. The van der Waals surface area contributed by atoms with E-state index in [1.165, 1.54) is 29.1 Å². The lowest BCUT2D eigenvalue weighted by molar-refractivity contribution is -0.140. The number of rotatable bonds is 2. The molecule has 1 fully saturated rings. The van der Waals surface area contributed by atoms with Crippen LogP contribution >= 0.6 is 11.8 Å². The van der Waals surface area contributed by atoms with Crippen LogP contribution in [-0.4, -0.2) is 44.5 Å². The molecule has 0 aromatic carbocycles. The summed E-state index contributed by atoms with van der Waals surface area (Å²) in [5.41, 5.74) is 0.476. The number of hydrogen-bond donors (Lipinski definition) is 1. The third kappa shape index (κ3) is 2.01. The van der Waals surface area contributed by atoms with E-state index in [9.17, 15) is 9.59 Å². The Morgan fingerprint density at radius 3 is 2.75 bits per heavy atom. The van der Waals surface area contributed by atoms with E-state index in [1.807, 2.05) is 0 Å². The van der Waals surface area contributed by atoms with Crippen molar-refractivity contribution in [2.45, 2.75) is 6.04 Å². The van der Waals surface area contributed by atoms with Gasteiger partial charge in [-0.2, -0.15) is 0 Å². The number of carbonyl (C=O) groups excluding carboxylic acids is 1. The molecule has 0 bridgehead atoms. The first-order valence-electron chi connectivity index (χ1n) is 4.71. The molecule has 2 rings (SSSR count). The van der Waals surface area contributed by atoms with Crippen molar-refractivity contribution in [1.29, 1.82) is 0 Å². The number of carboxylic acids is 1. The molecule has 1 aromatic heterocycles. The highest BCUT2D eigenvalue weighted by molar-refractivity contribution is 7.99. The first-order valence-corrected chi connectivity index (χ1v) is 5.87. The molecule has 0 spiro atoms. The fraction of sp³-hybridized carbons (Fsp3) is 0.300. The molecule has 6 heteroatoms. The van der Waals surface area contributed by atoms with Gasteiger partial charge in [0.15, 0.2) is 0 Å². The average molecular weight is 238 g/mol. The van der Waals surface area contributed by atoms with Crippen LogP contribution in [0.25, 0.3) is 0 Å². The van der Waals surface area contributed by atoms with Gasteiger partial charge in [-0.25, -0.2) is 4.79 Å². The zero-order valence-electron chi connectivity index (χ0n) is 8.37. The summed E-state index contributed by atoms with van der Waals surface area (Å²) in [7, 11) is 0. The maximum atomic E-state index is 12.0. The SMILES string of the molecule is O=C(O)C1CSCN1C(=O)c1ccncc1. The fourth-order valence-corrected chi connectivity index (χ4v) is 2.65. The summed E-state index contributed by atoms with van der Waals surface area (Å²) in [6.07, 6.45) is 3.04. The van der Waals surface area contributed by atoms with E-state index < -0.39 is 12.0 Å². The zero-order valence-corrected chi connectivity index (χ0v) is 9.18. The molecular formula is C10H10N2O3S.